The first-order chi connectivity index (χ1) is 23.6. The Balaban J connectivity index is 1.48. The van der Waals surface area contributed by atoms with Crippen molar-refractivity contribution in [3.05, 3.63) is 65.7 Å². The van der Waals surface area contributed by atoms with E-state index in [1.54, 1.807) is 23.1 Å². The fourth-order valence-electron chi connectivity index (χ4n) is 6.51. The molecular weight excluding hydrogens is 630 g/mol. The standard InChI is InChI=1S/C36H47N5O8/c1-23(2)13-14-40-20-32(43)37-28(16-24-8-4-3-5-9-24)34(45)39-29-19-41(36(47)31-12-7-15-48-31)18-27(29)25-10-6-11-26(17-25)49-22-33(44)38-30(21-42)35(40)46/h3-6,8-11,17,23,27-31,42H,7,12-16,18-22H2,1-2H3,(H,37,43)(H,38,44)(H,39,45)/t27-,28-,29+,30-,31-/m0/s1. The van der Waals surface area contributed by atoms with Crippen molar-refractivity contribution in [2.24, 2.45) is 5.92 Å². The van der Waals surface area contributed by atoms with Crippen LogP contribution in [0.15, 0.2) is 54.6 Å². The van der Waals surface area contributed by atoms with Crippen LogP contribution in [0.1, 0.15) is 50.2 Å². The van der Waals surface area contributed by atoms with Crippen LogP contribution in [0.5, 0.6) is 5.75 Å². The number of ether oxygens (including phenoxy) is 2. The molecule has 2 bridgehead atoms. The number of aliphatic hydroxyl groups excluding tert-OH is 1. The van der Waals surface area contributed by atoms with Gasteiger partial charge < -0.3 is 40.3 Å². The first-order valence-electron chi connectivity index (χ1n) is 17.1. The molecule has 13 nitrogen and oxygen atoms in total. The van der Waals surface area contributed by atoms with Gasteiger partial charge in [0, 0.05) is 38.6 Å². The second-order valence-electron chi connectivity index (χ2n) is 13.4. The van der Waals surface area contributed by atoms with E-state index >= 15 is 0 Å². The number of aliphatic hydroxyl groups is 1. The van der Waals surface area contributed by atoms with E-state index in [-0.39, 0.29) is 43.8 Å². The number of amides is 5. The predicted molar refractivity (Wildman–Crippen MR) is 179 cm³/mol. The van der Waals surface area contributed by atoms with Crippen LogP contribution in [0.25, 0.3) is 0 Å². The molecule has 3 aliphatic rings. The Hall–Kier alpha value is -4.49. The van der Waals surface area contributed by atoms with E-state index in [2.05, 4.69) is 16.0 Å². The first kappa shape index (κ1) is 35.8. The molecule has 49 heavy (non-hydrogen) atoms. The van der Waals surface area contributed by atoms with Crippen LogP contribution in [0, 0.1) is 5.92 Å². The third-order valence-corrected chi connectivity index (χ3v) is 9.19. The molecule has 264 valence electrons. The number of benzene rings is 2. The minimum Gasteiger partial charge on any atom is -0.484 e. The van der Waals surface area contributed by atoms with Gasteiger partial charge in [0.15, 0.2) is 6.61 Å². The summed E-state index contributed by atoms with van der Waals surface area (Å²) in [6.45, 7) is 3.79. The molecule has 2 saturated heterocycles. The molecule has 0 aliphatic carbocycles. The Labute approximate surface area is 286 Å². The predicted octanol–water partition coefficient (Wildman–Crippen LogP) is 0.748. The molecule has 5 atom stereocenters. The summed E-state index contributed by atoms with van der Waals surface area (Å²) in [6.07, 6.45) is 1.69. The molecule has 0 unspecified atom stereocenters. The second kappa shape index (κ2) is 16.8. The highest BCUT2D eigenvalue weighted by Crippen LogP contribution is 2.31. The number of fused-ring (bicyclic) bond motifs is 4. The van der Waals surface area contributed by atoms with Gasteiger partial charge in [-0.15, -0.1) is 0 Å². The van der Waals surface area contributed by atoms with Crippen molar-refractivity contribution in [3.63, 3.8) is 0 Å². The Morgan fingerprint density at radius 3 is 2.45 bits per heavy atom. The smallest absolute Gasteiger partial charge is 0.258 e. The lowest BCUT2D eigenvalue weighted by Gasteiger charge is -2.29. The first-order valence-corrected chi connectivity index (χ1v) is 17.1. The normalized spacial score (nSPS) is 25.5. The number of hydrogen-bond donors (Lipinski definition) is 4. The third kappa shape index (κ3) is 9.57. The quantitative estimate of drug-likeness (QED) is 0.333. The highest BCUT2D eigenvalue weighted by Gasteiger charge is 2.41. The molecule has 3 heterocycles. The van der Waals surface area contributed by atoms with Gasteiger partial charge in [-0.25, -0.2) is 0 Å². The van der Waals surface area contributed by atoms with Crippen molar-refractivity contribution in [1.29, 1.82) is 0 Å². The average molecular weight is 678 g/mol. The van der Waals surface area contributed by atoms with Gasteiger partial charge in [-0.05, 0) is 48.4 Å². The zero-order chi connectivity index (χ0) is 34.9. The topological polar surface area (TPSA) is 167 Å². The summed E-state index contributed by atoms with van der Waals surface area (Å²) in [5.41, 5.74) is 1.61. The molecule has 0 spiro atoms. The summed E-state index contributed by atoms with van der Waals surface area (Å²) < 4.78 is 11.5. The molecule has 0 saturated carbocycles. The maximum atomic E-state index is 14.1. The fraction of sp³-hybridized carbons (Fsp3) is 0.528. The van der Waals surface area contributed by atoms with E-state index in [1.807, 2.05) is 50.2 Å². The van der Waals surface area contributed by atoms with Gasteiger partial charge >= 0.3 is 0 Å². The molecule has 5 amide bonds. The van der Waals surface area contributed by atoms with Crippen molar-refractivity contribution in [3.8, 4) is 5.75 Å². The van der Waals surface area contributed by atoms with Gasteiger partial charge in [0.05, 0.1) is 19.2 Å². The van der Waals surface area contributed by atoms with E-state index in [4.69, 9.17) is 9.47 Å². The fourth-order valence-corrected chi connectivity index (χ4v) is 6.51. The highest BCUT2D eigenvalue weighted by atomic mass is 16.5. The minimum atomic E-state index is -1.30. The Bertz CT molecular complexity index is 1480. The second-order valence-corrected chi connectivity index (χ2v) is 13.4. The Kier molecular flexibility index (Phi) is 12.2. The van der Waals surface area contributed by atoms with E-state index in [0.29, 0.717) is 31.7 Å². The lowest BCUT2D eigenvalue weighted by molar-refractivity contribution is -0.141. The summed E-state index contributed by atoms with van der Waals surface area (Å²) in [5, 5.41) is 18.6. The van der Waals surface area contributed by atoms with Gasteiger partial charge in [-0.3, -0.25) is 24.0 Å². The lowest BCUT2D eigenvalue weighted by Crippen LogP contribution is -2.56. The number of rotatable bonds is 7. The Morgan fingerprint density at radius 1 is 0.959 bits per heavy atom. The van der Waals surface area contributed by atoms with Crippen LogP contribution < -0.4 is 20.7 Å². The van der Waals surface area contributed by atoms with Gasteiger partial charge in [0.2, 0.25) is 17.7 Å². The zero-order valence-corrected chi connectivity index (χ0v) is 28.1. The summed E-state index contributed by atoms with van der Waals surface area (Å²) >= 11 is 0. The number of hydrogen-bond acceptors (Lipinski definition) is 8. The average Bonchev–Trinajstić information content (AvgIpc) is 3.78. The highest BCUT2D eigenvalue weighted by molar-refractivity contribution is 5.93. The number of likely N-dealkylation sites (tertiary alicyclic amines) is 1. The molecule has 3 aliphatic heterocycles. The maximum absolute atomic E-state index is 14.1. The molecule has 2 aromatic rings. The number of carbonyl (C=O) groups excluding carboxylic acids is 5. The molecule has 2 fully saturated rings. The van der Waals surface area contributed by atoms with Crippen molar-refractivity contribution in [2.75, 3.05) is 46.0 Å². The molecule has 5 rings (SSSR count). The van der Waals surface area contributed by atoms with Crippen LogP contribution in [0.4, 0.5) is 0 Å². The SMILES string of the molecule is CC(C)CCN1CC(=O)N[C@@H](Cc2ccccc2)C(=O)N[C@@H]2CN(C(=O)[C@@H]3CCCO3)C[C@H]2c2cccc(c2)OCC(=O)N[C@@H](CO)C1=O. The minimum absolute atomic E-state index is 0.125. The monoisotopic (exact) mass is 677 g/mol. The van der Waals surface area contributed by atoms with Crippen LogP contribution in [-0.2, 0) is 35.1 Å². The van der Waals surface area contributed by atoms with Gasteiger partial charge in [-0.1, -0.05) is 56.3 Å². The number of nitrogens with zero attached hydrogens (tertiary/aromatic N) is 2. The third-order valence-electron chi connectivity index (χ3n) is 9.19. The van der Waals surface area contributed by atoms with Crippen LogP contribution in [-0.4, -0.2) is 115 Å². The van der Waals surface area contributed by atoms with Crippen LogP contribution >= 0.6 is 0 Å². The van der Waals surface area contributed by atoms with E-state index < -0.39 is 61.1 Å². The molecule has 4 N–H and O–H groups in total. The summed E-state index contributed by atoms with van der Waals surface area (Å²) in [5.74, 6) is -2.07. The Morgan fingerprint density at radius 2 is 1.73 bits per heavy atom. The van der Waals surface area contributed by atoms with Crippen molar-refractivity contribution < 1.29 is 38.6 Å². The largest absolute Gasteiger partial charge is 0.484 e. The van der Waals surface area contributed by atoms with Crippen molar-refractivity contribution in [2.45, 2.75) is 69.7 Å². The van der Waals surface area contributed by atoms with Crippen LogP contribution in [0.3, 0.4) is 0 Å². The van der Waals surface area contributed by atoms with Gasteiger partial charge in [0.25, 0.3) is 11.8 Å². The van der Waals surface area contributed by atoms with Crippen molar-refractivity contribution >= 4 is 29.5 Å². The number of nitrogens with one attached hydrogen (secondary N) is 3. The summed E-state index contributed by atoms with van der Waals surface area (Å²) in [7, 11) is 0. The van der Waals surface area contributed by atoms with E-state index in [1.165, 1.54) is 4.90 Å². The molecule has 13 heteroatoms. The molecule has 0 radical (unpaired) electrons. The van der Waals surface area contributed by atoms with Gasteiger partial charge in [0.1, 0.15) is 23.9 Å². The van der Waals surface area contributed by atoms with Crippen molar-refractivity contribution in [1.82, 2.24) is 25.8 Å². The molecule has 0 aromatic heterocycles. The maximum Gasteiger partial charge on any atom is 0.258 e. The number of carbonyl (C=O) groups is 5. The van der Waals surface area contributed by atoms with E-state index in [9.17, 15) is 29.1 Å². The zero-order valence-electron chi connectivity index (χ0n) is 28.1. The summed E-state index contributed by atoms with van der Waals surface area (Å²) in [6, 6.07) is 13.6. The molecular formula is C36H47N5O8. The van der Waals surface area contributed by atoms with Gasteiger partial charge in [-0.2, -0.15) is 0 Å². The summed E-state index contributed by atoms with van der Waals surface area (Å²) in [4.78, 5) is 70.6. The molecule has 2 aromatic carbocycles. The van der Waals surface area contributed by atoms with Crippen LogP contribution in [0.2, 0.25) is 0 Å². The lowest BCUT2D eigenvalue weighted by atomic mass is 9.93. The van der Waals surface area contributed by atoms with E-state index in [0.717, 1.165) is 17.5 Å².